The Balaban J connectivity index is 2.02. The van der Waals surface area contributed by atoms with Gasteiger partial charge in [0.05, 0.1) is 6.10 Å². The van der Waals surface area contributed by atoms with E-state index in [1.807, 2.05) is 31.7 Å². The number of benzene rings is 1. The van der Waals surface area contributed by atoms with Crippen molar-refractivity contribution < 1.29 is 14.7 Å². The van der Waals surface area contributed by atoms with Gasteiger partial charge < -0.3 is 5.11 Å². The van der Waals surface area contributed by atoms with Crippen LogP contribution in [0.3, 0.4) is 0 Å². The highest BCUT2D eigenvalue weighted by Gasteiger charge is 2.38. The van der Waals surface area contributed by atoms with Crippen molar-refractivity contribution in [2.45, 2.75) is 62.7 Å². The second kappa shape index (κ2) is 5.82. The summed E-state index contributed by atoms with van der Waals surface area (Å²) in [4.78, 5) is 26.3. The number of hydrogen-bond acceptors (Lipinski definition) is 4. The van der Waals surface area contributed by atoms with Gasteiger partial charge in [-0.2, -0.15) is 0 Å². The summed E-state index contributed by atoms with van der Waals surface area (Å²) in [5.41, 5.74) is 3.98. The first-order valence-corrected chi connectivity index (χ1v) is 8.82. The third kappa shape index (κ3) is 2.52. The molecule has 118 valence electrons. The highest BCUT2D eigenvalue weighted by Crippen LogP contribution is 2.42. The monoisotopic (exact) mass is 318 g/mol. The zero-order valence-electron chi connectivity index (χ0n) is 13.3. The maximum absolute atomic E-state index is 12.9. The van der Waals surface area contributed by atoms with E-state index in [0.717, 1.165) is 17.5 Å². The minimum absolute atomic E-state index is 0.107. The molecular weight excluding hydrogens is 296 g/mol. The molecule has 3 atom stereocenters. The normalized spacial score (nSPS) is 27.8. The van der Waals surface area contributed by atoms with Crippen LogP contribution in [0.15, 0.2) is 11.0 Å². The SMILES string of the molecule is Cc1cc(C(=O)C2C(=O)CCCC2O)c(C)c2c1SC(C)C2. The van der Waals surface area contributed by atoms with Crippen molar-refractivity contribution in [3.8, 4) is 0 Å². The van der Waals surface area contributed by atoms with Crippen molar-refractivity contribution >= 4 is 23.3 Å². The van der Waals surface area contributed by atoms with E-state index < -0.39 is 12.0 Å². The lowest BCUT2D eigenvalue weighted by molar-refractivity contribution is -0.126. The molecule has 1 saturated carbocycles. The quantitative estimate of drug-likeness (QED) is 0.672. The zero-order valence-corrected chi connectivity index (χ0v) is 14.1. The molecular formula is C18H22O3S. The van der Waals surface area contributed by atoms with Gasteiger partial charge in [-0.25, -0.2) is 0 Å². The number of Topliss-reactive ketones (excluding diaryl/α,β-unsaturated/α-hetero) is 2. The van der Waals surface area contributed by atoms with Gasteiger partial charge in [0.2, 0.25) is 0 Å². The molecule has 0 bridgehead atoms. The van der Waals surface area contributed by atoms with Crippen LogP contribution in [-0.4, -0.2) is 28.0 Å². The first kappa shape index (κ1) is 15.8. The number of fused-ring (bicyclic) bond motifs is 1. The number of thioether (sulfide) groups is 1. The molecule has 1 N–H and O–H groups in total. The Morgan fingerprint density at radius 1 is 1.36 bits per heavy atom. The lowest BCUT2D eigenvalue weighted by atomic mass is 9.79. The maximum atomic E-state index is 12.9. The molecule has 0 saturated heterocycles. The van der Waals surface area contributed by atoms with E-state index in [0.29, 0.717) is 30.1 Å². The summed E-state index contributed by atoms with van der Waals surface area (Å²) in [6, 6.07) is 1.91. The maximum Gasteiger partial charge on any atom is 0.176 e. The van der Waals surface area contributed by atoms with Crippen LogP contribution in [0.1, 0.15) is 53.2 Å². The molecule has 0 amide bonds. The summed E-state index contributed by atoms with van der Waals surface area (Å²) < 4.78 is 0. The van der Waals surface area contributed by atoms with Gasteiger partial charge in [0.25, 0.3) is 0 Å². The second-order valence-electron chi connectivity index (χ2n) is 6.57. The Morgan fingerprint density at radius 3 is 2.77 bits per heavy atom. The Labute approximate surface area is 135 Å². The number of hydrogen-bond donors (Lipinski definition) is 1. The molecule has 1 aliphatic carbocycles. The minimum Gasteiger partial charge on any atom is -0.392 e. The Hall–Kier alpha value is -1.13. The molecule has 3 unspecified atom stereocenters. The number of ketones is 2. The predicted octanol–water partition coefficient (Wildman–Crippen LogP) is 3.25. The summed E-state index contributed by atoms with van der Waals surface area (Å²) in [5.74, 6) is -1.16. The van der Waals surface area contributed by atoms with Crippen LogP contribution >= 0.6 is 11.8 Å². The van der Waals surface area contributed by atoms with Crippen molar-refractivity contribution in [3.05, 3.63) is 28.3 Å². The van der Waals surface area contributed by atoms with Gasteiger partial charge in [0.15, 0.2) is 5.78 Å². The molecule has 2 aliphatic rings. The molecule has 3 rings (SSSR count). The van der Waals surface area contributed by atoms with Crippen LogP contribution in [0.2, 0.25) is 0 Å². The van der Waals surface area contributed by atoms with Crippen molar-refractivity contribution in [3.63, 3.8) is 0 Å². The van der Waals surface area contributed by atoms with Gasteiger partial charge >= 0.3 is 0 Å². The fourth-order valence-corrected chi connectivity index (χ4v) is 4.94. The summed E-state index contributed by atoms with van der Waals surface area (Å²) >= 11 is 1.86. The summed E-state index contributed by atoms with van der Waals surface area (Å²) in [6.45, 7) is 6.20. The van der Waals surface area contributed by atoms with Gasteiger partial charge in [-0.15, -0.1) is 11.8 Å². The number of aryl methyl sites for hydroxylation is 1. The highest BCUT2D eigenvalue weighted by molar-refractivity contribution is 8.00. The van der Waals surface area contributed by atoms with Crippen molar-refractivity contribution in [1.29, 1.82) is 0 Å². The minimum atomic E-state index is -0.864. The number of carbonyl (C=O) groups excluding carboxylic acids is 2. The molecule has 0 spiro atoms. The van der Waals surface area contributed by atoms with Gasteiger partial charge in [0.1, 0.15) is 11.7 Å². The van der Waals surface area contributed by atoms with Crippen molar-refractivity contribution in [1.82, 2.24) is 0 Å². The molecule has 1 fully saturated rings. The fraction of sp³-hybridized carbons (Fsp3) is 0.556. The summed E-state index contributed by atoms with van der Waals surface area (Å²) in [5, 5.41) is 10.6. The van der Waals surface area contributed by atoms with E-state index in [2.05, 4.69) is 6.92 Å². The summed E-state index contributed by atoms with van der Waals surface area (Å²) in [6.07, 6.45) is 1.77. The van der Waals surface area contributed by atoms with Crippen LogP contribution in [0, 0.1) is 19.8 Å². The van der Waals surface area contributed by atoms with Crippen LogP contribution in [-0.2, 0) is 11.2 Å². The van der Waals surface area contributed by atoms with E-state index >= 15 is 0 Å². The molecule has 0 aromatic heterocycles. The Bertz CT molecular complexity index is 650. The van der Waals surface area contributed by atoms with E-state index in [1.54, 1.807) is 0 Å². The van der Waals surface area contributed by atoms with E-state index in [4.69, 9.17) is 0 Å². The highest BCUT2D eigenvalue weighted by atomic mass is 32.2. The largest absolute Gasteiger partial charge is 0.392 e. The predicted molar refractivity (Wildman–Crippen MR) is 87.6 cm³/mol. The molecule has 1 aromatic rings. The second-order valence-corrected chi connectivity index (χ2v) is 8.02. The molecule has 1 heterocycles. The van der Waals surface area contributed by atoms with E-state index in [9.17, 15) is 14.7 Å². The third-order valence-electron chi connectivity index (χ3n) is 4.86. The van der Waals surface area contributed by atoms with Crippen molar-refractivity contribution in [2.24, 2.45) is 5.92 Å². The van der Waals surface area contributed by atoms with Crippen LogP contribution < -0.4 is 0 Å². The molecule has 4 heteroatoms. The summed E-state index contributed by atoms with van der Waals surface area (Å²) in [7, 11) is 0. The van der Waals surface area contributed by atoms with E-state index in [1.165, 1.54) is 10.5 Å². The smallest absolute Gasteiger partial charge is 0.176 e. The molecule has 1 aliphatic heterocycles. The number of aliphatic hydroxyl groups is 1. The Morgan fingerprint density at radius 2 is 2.09 bits per heavy atom. The first-order valence-electron chi connectivity index (χ1n) is 7.95. The average molecular weight is 318 g/mol. The van der Waals surface area contributed by atoms with Gasteiger partial charge in [-0.1, -0.05) is 6.92 Å². The lowest BCUT2D eigenvalue weighted by Crippen LogP contribution is -2.38. The average Bonchev–Trinajstić information content (AvgIpc) is 2.85. The number of aliphatic hydroxyl groups excluding tert-OH is 1. The van der Waals surface area contributed by atoms with Crippen LogP contribution in [0.4, 0.5) is 0 Å². The molecule has 3 nitrogen and oxygen atoms in total. The van der Waals surface area contributed by atoms with Crippen LogP contribution in [0.5, 0.6) is 0 Å². The molecule has 0 radical (unpaired) electrons. The standard InChI is InChI=1S/C18H22O3S/c1-9-7-12(11(3)13-8-10(2)22-18(9)13)17(21)16-14(19)5-4-6-15(16)20/h7,10,14,16,19H,4-6,8H2,1-3H3. The topological polar surface area (TPSA) is 54.4 Å². The van der Waals surface area contributed by atoms with E-state index in [-0.39, 0.29) is 11.6 Å². The van der Waals surface area contributed by atoms with Gasteiger partial charge in [-0.3, -0.25) is 9.59 Å². The lowest BCUT2D eigenvalue weighted by Gasteiger charge is -2.26. The fourth-order valence-electron chi connectivity index (χ4n) is 3.67. The van der Waals surface area contributed by atoms with Crippen molar-refractivity contribution in [2.75, 3.05) is 0 Å². The van der Waals surface area contributed by atoms with Gasteiger partial charge in [-0.05, 0) is 55.9 Å². The number of carbonyl (C=O) groups is 2. The number of rotatable bonds is 2. The van der Waals surface area contributed by atoms with Gasteiger partial charge in [0, 0.05) is 22.1 Å². The Kier molecular flexibility index (Phi) is 4.17. The zero-order chi connectivity index (χ0) is 16.0. The van der Waals surface area contributed by atoms with Crippen LogP contribution in [0.25, 0.3) is 0 Å². The third-order valence-corrected chi connectivity index (χ3v) is 6.24. The molecule has 22 heavy (non-hydrogen) atoms. The first-order chi connectivity index (χ1) is 10.4. The molecule has 1 aromatic carbocycles.